The fraction of sp³-hybridized carbons (Fsp3) is 0.448. The van der Waals surface area contributed by atoms with Gasteiger partial charge in [-0.15, -0.1) is 0 Å². The molecule has 0 spiro atoms. The fourth-order valence-corrected chi connectivity index (χ4v) is 6.63. The number of carbonyl (C=O) groups is 1. The van der Waals surface area contributed by atoms with Gasteiger partial charge in [-0.1, -0.05) is 0 Å². The minimum absolute atomic E-state index is 0.00780. The second kappa shape index (κ2) is 9.07. The van der Waals surface area contributed by atoms with Crippen molar-refractivity contribution in [3.8, 4) is 23.3 Å². The Morgan fingerprint density at radius 2 is 2.13 bits per heavy atom. The molecule has 7 rings (SSSR count). The maximum Gasteiger partial charge on any atom is 0.254 e. The number of hydrogen-bond donors (Lipinski definition) is 1. The lowest BCUT2D eigenvalue weighted by molar-refractivity contribution is 0.00514. The first-order chi connectivity index (χ1) is 19.0. The zero-order valence-electron chi connectivity index (χ0n) is 22.1. The highest BCUT2D eigenvalue weighted by molar-refractivity contribution is 6.00. The Morgan fingerprint density at radius 3 is 2.87 bits per heavy atom. The van der Waals surface area contributed by atoms with Crippen LogP contribution in [0.25, 0.3) is 33.6 Å². The van der Waals surface area contributed by atoms with Crippen molar-refractivity contribution in [2.24, 2.45) is 24.6 Å². The van der Waals surface area contributed by atoms with Gasteiger partial charge in [-0.05, 0) is 61.4 Å². The number of imidazole rings is 1. The van der Waals surface area contributed by atoms with Crippen LogP contribution in [0.3, 0.4) is 0 Å². The van der Waals surface area contributed by atoms with E-state index < -0.39 is 0 Å². The topological polar surface area (TPSA) is 124 Å². The van der Waals surface area contributed by atoms with E-state index in [9.17, 15) is 4.79 Å². The number of rotatable bonds is 7. The van der Waals surface area contributed by atoms with E-state index in [-0.39, 0.29) is 36.6 Å². The molecule has 0 unspecified atom stereocenters. The molecule has 3 fully saturated rings. The fourth-order valence-electron chi connectivity index (χ4n) is 6.63. The molecule has 2 N–H and O–H groups in total. The lowest BCUT2D eigenvalue weighted by atomic mass is 10.1. The van der Waals surface area contributed by atoms with E-state index >= 15 is 0 Å². The number of fused-ring (bicyclic) bond motifs is 4. The molecule has 4 atom stereocenters. The van der Waals surface area contributed by atoms with Crippen molar-refractivity contribution in [2.75, 3.05) is 20.3 Å². The number of carbonyl (C=O) groups excluding carboxylic acids is 1. The minimum Gasteiger partial charge on any atom is -0.494 e. The number of amides is 1. The normalized spacial score (nSPS) is 24.1. The van der Waals surface area contributed by atoms with Crippen molar-refractivity contribution in [1.29, 1.82) is 5.26 Å². The summed E-state index contributed by atoms with van der Waals surface area (Å²) in [5.74, 6) is 2.10. The number of nitriles is 1. The molecule has 10 nitrogen and oxygen atoms in total. The molecule has 2 aliphatic carbocycles. The number of benzene rings is 1. The maximum absolute atomic E-state index is 13.8. The molecule has 200 valence electrons. The number of aryl methyl sites for hydroxylation is 1. The Kier molecular flexibility index (Phi) is 5.61. The SMILES string of the molecule is COc1cc(C(=O)N2C[C@H]3C[C@H](OCC#N)[C@@H]2[C@@H]3N)cc2nc(-c3cc4cccnc4n3CC3CC3)n(C)c12. The summed E-state index contributed by atoms with van der Waals surface area (Å²) in [4.78, 5) is 25.3. The second-order valence-corrected chi connectivity index (χ2v) is 11.1. The van der Waals surface area contributed by atoms with Crippen LogP contribution in [0.2, 0.25) is 0 Å². The number of nitrogens with zero attached hydrogens (tertiary/aromatic N) is 6. The Hall–Kier alpha value is -3.94. The first kappa shape index (κ1) is 24.1. The molecular weight excluding hydrogens is 494 g/mol. The highest BCUT2D eigenvalue weighted by Crippen LogP contribution is 2.41. The van der Waals surface area contributed by atoms with Crippen LogP contribution >= 0.6 is 0 Å². The Bertz CT molecular complexity index is 1650. The molecule has 10 heteroatoms. The predicted octanol–water partition coefficient (Wildman–Crippen LogP) is 3.09. The quantitative estimate of drug-likeness (QED) is 0.393. The molecule has 4 heterocycles. The van der Waals surface area contributed by atoms with Crippen molar-refractivity contribution in [1.82, 2.24) is 24.0 Å². The number of nitrogens with two attached hydrogens (primary N) is 1. The third-order valence-corrected chi connectivity index (χ3v) is 8.69. The molecule has 1 aromatic carbocycles. The van der Waals surface area contributed by atoms with E-state index in [1.807, 2.05) is 40.9 Å². The van der Waals surface area contributed by atoms with Gasteiger partial charge in [-0.2, -0.15) is 5.26 Å². The number of aromatic nitrogens is 4. The summed E-state index contributed by atoms with van der Waals surface area (Å²) in [5.41, 5.74) is 10.5. The van der Waals surface area contributed by atoms with E-state index in [4.69, 9.17) is 25.5 Å². The first-order valence-corrected chi connectivity index (χ1v) is 13.5. The summed E-state index contributed by atoms with van der Waals surface area (Å²) in [6.07, 6.45) is 4.85. The number of pyridine rings is 1. The van der Waals surface area contributed by atoms with Gasteiger partial charge in [0.05, 0.1) is 36.5 Å². The number of likely N-dealkylation sites (tertiary alicyclic amines) is 1. The molecule has 3 aliphatic rings. The summed E-state index contributed by atoms with van der Waals surface area (Å²) < 4.78 is 15.9. The van der Waals surface area contributed by atoms with Crippen LogP contribution in [0.1, 0.15) is 29.6 Å². The van der Waals surface area contributed by atoms with E-state index in [1.54, 1.807) is 13.2 Å². The first-order valence-electron chi connectivity index (χ1n) is 13.5. The molecule has 4 aromatic rings. The van der Waals surface area contributed by atoms with Crippen LogP contribution in [0, 0.1) is 23.2 Å². The van der Waals surface area contributed by atoms with Crippen molar-refractivity contribution in [3.05, 3.63) is 42.1 Å². The predicted molar refractivity (Wildman–Crippen MR) is 145 cm³/mol. The molecule has 3 aromatic heterocycles. The van der Waals surface area contributed by atoms with Crippen LogP contribution in [0.5, 0.6) is 5.75 Å². The Labute approximate surface area is 225 Å². The van der Waals surface area contributed by atoms with E-state index in [2.05, 4.69) is 21.7 Å². The van der Waals surface area contributed by atoms with Gasteiger partial charge in [0.2, 0.25) is 0 Å². The molecule has 0 radical (unpaired) electrons. The summed E-state index contributed by atoms with van der Waals surface area (Å²) >= 11 is 0. The van der Waals surface area contributed by atoms with Gasteiger partial charge >= 0.3 is 0 Å². The maximum atomic E-state index is 13.8. The minimum atomic E-state index is -0.248. The van der Waals surface area contributed by atoms with Gasteiger partial charge < -0.3 is 29.2 Å². The van der Waals surface area contributed by atoms with Gasteiger partial charge in [0, 0.05) is 43.3 Å². The van der Waals surface area contributed by atoms with E-state index in [0.29, 0.717) is 29.3 Å². The van der Waals surface area contributed by atoms with Gasteiger partial charge in [0.1, 0.15) is 23.5 Å². The van der Waals surface area contributed by atoms with Gasteiger partial charge in [0.25, 0.3) is 5.91 Å². The standard InChI is InChI=1S/C29H31N7O3/c1-34-25-20(33-28(34)21-11-17-4-3-8-32-27(17)35(21)14-16-5-6-16)10-18(12-22(25)38-2)29(37)36-15-19-13-23(39-9-7-30)26(36)24(19)31/h3-4,8,10-12,16,19,23-24,26H,5-6,9,13-15,31H2,1-2H3/t19-,23+,24-,26-/m1/s1. The van der Waals surface area contributed by atoms with Gasteiger partial charge in [-0.25, -0.2) is 9.97 Å². The lowest BCUT2D eigenvalue weighted by Crippen LogP contribution is -2.49. The Balaban J connectivity index is 1.29. The largest absolute Gasteiger partial charge is 0.494 e. The van der Waals surface area contributed by atoms with Gasteiger partial charge in [0.15, 0.2) is 5.82 Å². The summed E-state index contributed by atoms with van der Waals surface area (Å²) in [7, 11) is 3.60. The average Bonchev–Trinajstić information content (AvgIpc) is 3.38. The molecular formula is C29H31N7O3. The monoisotopic (exact) mass is 525 g/mol. The van der Waals surface area contributed by atoms with Crippen LogP contribution in [0.15, 0.2) is 36.5 Å². The third-order valence-electron chi connectivity index (χ3n) is 8.69. The van der Waals surface area contributed by atoms with Crippen molar-refractivity contribution < 1.29 is 14.3 Å². The molecule has 1 saturated heterocycles. The van der Waals surface area contributed by atoms with Crippen LogP contribution in [0.4, 0.5) is 0 Å². The molecule has 2 bridgehead atoms. The van der Waals surface area contributed by atoms with Gasteiger partial charge in [-0.3, -0.25) is 4.79 Å². The lowest BCUT2D eigenvalue weighted by Gasteiger charge is -2.33. The third kappa shape index (κ3) is 3.79. The summed E-state index contributed by atoms with van der Waals surface area (Å²) in [6.45, 7) is 1.48. The molecule has 2 saturated carbocycles. The van der Waals surface area contributed by atoms with Crippen molar-refractivity contribution in [2.45, 2.75) is 44.0 Å². The Morgan fingerprint density at radius 1 is 1.28 bits per heavy atom. The summed E-state index contributed by atoms with van der Waals surface area (Å²) in [5, 5.41) is 10.1. The van der Waals surface area contributed by atoms with E-state index in [0.717, 1.165) is 41.0 Å². The average molecular weight is 526 g/mol. The number of methoxy groups -OCH3 is 1. The molecule has 39 heavy (non-hydrogen) atoms. The van der Waals surface area contributed by atoms with Crippen molar-refractivity contribution >= 4 is 28.0 Å². The number of ether oxygens (including phenoxy) is 2. The van der Waals surface area contributed by atoms with Crippen LogP contribution in [-0.2, 0) is 18.3 Å². The van der Waals surface area contributed by atoms with Crippen molar-refractivity contribution in [3.63, 3.8) is 0 Å². The van der Waals surface area contributed by atoms with E-state index in [1.165, 1.54) is 12.8 Å². The highest BCUT2D eigenvalue weighted by Gasteiger charge is 2.53. The van der Waals surface area contributed by atoms with Crippen LogP contribution < -0.4 is 10.5 Å². The van der Waals surface area contributed by atoms with Crippen LogP contribution in [-0.4, -0.2) is 68.4 Å². The number of hydrogen-bond acceptors (Lipinski definition) is 7. The second-order valence-electron chi connectivity index (χ2n) is 11.1. The molecule has 1 aliphatic heterocycles. The summed E-state index contributed by atoms with van der Waals surface area (Å²) in [6, 6.07) is 11.4. The number of piperidine rings is 1. The zero-order valence-corrected chi connectivity index (χ0v) is 22.1. The zero-order chi connectivity index (χ0) is 26.8. The molecule has 1 amide bonds. The smallest absolute Gasteiger partial charge is 0.254 e. The highest BCUT2D eigenvalue weighted by atomic mass is 16.5.